The molecule has 3 heterocycles. The van der Waals surface area contributed by atoms with Gasteiger partial charge in [0.05, 0.1) is 34.7 Å². The molecule has 7 heteroatoms. The number of para-hydroxylation sites is 1. The molecule has 0 radical (unpaired) electrons. The number of aromatic nitrogens is 1. The number of ether oxygens (including phenoxy) is 1. The molecule has 0 aliphatic carbocycles. The van der Waals surface area contributed by atoms with Crippen molar-refractivity contribution in [1.82, 2.24) is 4.98 Å². The minimum atomic E-state index is -0.140. The van der Waals surface area contributed by atoms with Crippen molar-refractivity contribution >= 4 is 50.1 Å². The monoisotopic (exact) mass is 404 g/mol. The predicted molar refractivity (Wildman–Crippen MR) is 118 cm³/mol. The van der Waals surface area contributed by atoms with Gasteiger partial charge in [0.25, 0.3) is 5.91 Å². The van der Waals surface area contributed by atoms with E-state index >= 15 is 0 Å². The summed E-state index contributed by atoms with van der Waals surface area (Å²) < 4.78 is 6.45. The molecule has 0 spiro atoms. The fourth-order valence-corrected chi connectivity index (χ4v) is 4.45. The summed E-state index contributed by atoms with van der Waals surface area (Å²) in [5, 5.41) is 6.47. The number of carbonyl (C=O) groups excluding carboxylic acids is 1. The standard InChI is InChI=1S/C22H20N4O2S/c1-15-18(14-16-6-8-17(9-7-16)25-10-12-28-13-11-25)21(27)26(24-15)22-23-19-4-2-3-5-20(19)29-22/h2-9,14H,10-13H2,1H3/b18-14-. The normalized spacial score (nSPS) is 18.7. The molecule has 0 bridgehead atoms. The van der Waals surface area contributed by atoms with Crippen LogP contribution in [0.1, 0.15) is 12.5 Å². The van der Waals surface area contributed by atoms with Crippen LogP contribution in [0.2, 0.25) is 0 Å². The molecule has 3 aromatic rings. The van der Waals surface area contributed by atoms with Crippen molar-refractivity contribution in [3.63, 3.8) is 0 Å². The van der Waals surface area contributed by atoms with Crippen LogP contribution in [0, 0.1) is 0 Å². The molecule has 1 saturated heterocycles. The summed E-state index contributed by atoms with van der Waals surface area (Å²) in [7, 11) is 0. The molecule has 1 fully saturated rings. The van der Waals surface area contributed by atoms with Gasteiger partial charge in [0.15, 0.2) is 0 Å². The third-order valence-electron chi connectivity index (χ3n) is 5.11. The molecule has 1 amide bonds. The second-order valence-corrected chi connectivity index (χ2v) is 8.02. The highest BCUT2D eigenvalue weighted by atomic mass is 32.1. The number of carbonyl (C=O) groups is 1. The van der Waals surface area contributed by atoms with E-state index in [1.165, 1.54) is 22.0 Å². The van der Waals surface area contributed by atoms with Crippen molar-refractivity contribution in [3.8, 4) is 0 Å². The van der Waals surface area contributed by atoms with Crippen molar-refractivity contribution in [2.45, 2.75) is 6.92 Å². The second-order valence-electron chi connectivity index (χ2n) is 7.02. The van der Waals surface area contributed by atoms with Crippen LogP contribution in [0.3, 0.4) is 0 Å². The maximum atomic E-state index is 13.0. The lowest BCUT2D eigenvalue weighted by atomic mass is 10.1. The van der Waals surface area contributed by atoms with E-state index in [1.54, 1.807) is 0 Å². The molecular weight excluding hydrogens is 384 g/mol. The predicted octanol–water partition coefficient (Wildman–Crippen LogP) is 3.94. The van der Waals surface area contributed by atoms with Gasteiger partial charge in [-0.3, -0.25) is 4.79 Å². The first-order valence-corrected chi connectivity index (χ1v) is 10.4. The number of rotatable bonds is 3. The Morgan fingerprint density at radius 3 is 2.59 bits per heavy atom. The minimum Gasteiger partial charge on any atom is -0.378 e. The molecular formula is C22H20N4O2S. The van der Waals surface area contributed by atoms with Crippen LogP contribution in [0.5, 0.6) is 0 Å². The maximum Gasteiger partial charge on any atom is 0.282 e. The van der Waals surface area contributed by atoms with E-state index in [4.69, 9.17) is 4.74 Å². The Morgan fingerprint density at radius 2 is 1.83 bits per heavy atom. The van der Waals surface area contributed by atoms with Crippen molar-refractivity contribution in [1.29, 1.82) is 0 Å². The summed E-state index contributed by atoms with van der Waals surface area (Å²) in [6, 6.07) is 16.1. The number of hydrazone groups is 1. The summed E-state index contributed by atoms with van der Waals surface area (Å²) in [5.74, 6) is -0.140. The van der Waals surface area contributed by atoms with Crippen LogP contribution in [0.4, 0.5) is 10.8 Å². The van der Waals surface area contributed by atoms with E-state index in [0.717, 1.165) is 42.1 Å². The number of amides is 1. The topological polar surface area (TPSA) is 58.0 Å². The zero-order chi connectivity index (χ0) is 19.8. The molecule has 1 aromatic heterocycles. The Hall–Kier alpha value is -3.03. The number of nitrogens with zero attached hydrogens (tertiary/aromatic N) is 4. The van der Waals surface area contributed by atoms with Gasteiger partial charge in [-0.15, -0.1) is 0 Å². The first-order chi connectivity index (χ1) is 14.2. The lowest BCUT2D eigenvalue weighted by molar-refractivity contribution is -0.114. The summed E-state index contributed by atoms with van der Waals surface area (Å²) >= 11 is 1.47. The molecule has 5 rings (SSSR count). The Bertz CT molecular complexity index is 1090. The van der Waals surface area contributed by atoms with Gasteiger partial charge in [0.1, 0.15) is 0 Å². The highest BCUT2D eigenvalue weighted by molar-refractivity contribution is 7.22. The first kappa shape index (κ1) is 18.0. The van der Waals surface area contributed by atoms with Gasteiger partial charge in [-0.1, -0.05) is 35.6 Å². The molecule has 0 unspecified atom stereocenters. The van der Waals surface area contributed by atoms with Gasteiger partial charge in [-0.2, -0.15) is 10.1 Å². The third kappa shape index (κ3) is 3.43. The van der Waals surface area contributed by atoms with Gasteiger partial charge >= 0.3 is 0 Å². The highest BCUT2D eigenvalue weighted by Gasteiger charge is 2.30. The van der Waals surface area contributed by atoms with E-state index in [-0.39, 0.29) is 5.91 Å². The van der Waals surface area contributed by atoms with Crippen LogP contribution in [-0.4, -0.2) is 42.9 Å². The average molecular weight is 404 g/mol. The molecule has 2 aliphatic heterocycles. The molecule has 29 heavy (non-hydrogen) atoms. The molecule has 146 valence electrons. The van der Waals surface area contributed by atoms with Gasteiger partial charge < -0.3 is 9.64 Å². The van der Waals surface area contributed by atoms with Crippen molar-refractivity contribution in [2.24, 2.45) is 5.10 Å². The number of thiazole rings is 1. The highest BCUT2D eigenvalue weighted by Crippen LogP contribution is 2.32. The molecule has 0 N–H and O–H groups in total. The van der Waals surface area contributed by atoms with Gasteiger partial charge in [0, 0.05) is 18.8 Å². The molecule has 6 nitrogen and oxygen atoms in total. The smallest absolute Gasteiger partial charge is 0.282 e. The minimum absolute atomic E-state index is 0.140. The van der Waals surface area contributed by atoms with E-state index < -0.39 is 0 Å². The quantitative estimate of drug-likeness (QED) is 0.621. The largest absolute Gasteiger partial charge is 0.378 e. The number of anilines is 2. The fourth-order valence-electron chi connectivity index (χ4n) is 3.53. The summed E-state index contributed by atoms with van der Waals surface area (Å²) in [4.78, 5) is 19.9. The number of hydrogen-bond acceptors (Lipinski definition) is 6. The Morgan fingerprint density at radius 1 is 1.07 bits per heavy atom. The average Bonchev–Trinajstić information content (AvgIpc) is 3.31. The fraction of sp³-hybridized carbons (Fsp3) is 0.227. The number of fused-ring (bicyclic) bond motifs is 1. The molecule has 0 saturated carbocycles. The van der Waals surface area contributed by atoms with E-state index in [2.05, 4.69) is 27.1 Å². The zero-order valence-electron chi connectivity index (χ0n) is 16.0. The third-order valence-corrected chi connectivity index (χ3v) is 6.12. The van der Waals surface area contributed by atoms with Crippen molar-refractivity contribution in [2.75, 3.05) is 36.2 Å². The molecule has 2 aliphatic rings. The van der Waals surface area contributed by atoms with Crippen LogP contribution >= 0.6 is 11.3 Å². The Kier molecular flexibility index (Phi) is 4.61. The lowest BCUT2D eigenvalue weighted by Gasteiger charge is -2.28. The Labute approximate surface area is 172 Å². The molecule has 2 aromatic carbocycles. The van der Waals surface area contributed by atoms with E-state index in [0.29, 0.717) is 16.4 Å². The van der Waals surface area contributed by atoms with Crippen LogP contribution in [0.25, 0.3) is 16.3 Å². The van der Waals surface area contributed by atoms with E-state index in [9.17, 15) is 4.79 Å². The maximum absolute atomic E-state index is 13.0. The molecule has 0 atom stereocenters. The number of benzene rings is 2. The first-order valence-electron chi connectivity index (χ1n) is 9.59. The second kappa shape index (κ2) is 7.42. The van der Waals surface area contributed by atoms with Crippen molar-refractivity contribution < 1.29 is 9.53 Å². The number of hydrogen-bond donors (Lipinski definition) is 0. The summed E-state index contributed by atoms with van der Waals surface area (Å²) in [6.07, 6.45) is 1.90. The van der Waals surface area contributed by atoms with Crippen molar-refractivity contribution in [3.05, 3.63) is 59.7 Å². The van der Waals surface area contributed by atoms with E-state index in [1.807, 2.05) is 49.4 Å². The van der Waals surface area contributed by atoms with Gasteiger partial charge in [-0.25, -0.2) is 4.98 Å². The summed E-state index contributed by atoms with van der Waals surface area (Å²) in [6.45, 7) is 5.19. The SMILES string of the molecule is CC1=NN(c2nc3ccccc3s2)C(=O)/C1=C\c1ccc(N2CCOCC2)cc1. The van der Waals surface area contributed by atoms with Crippen LogP contribution in [-0.2, 0) is 9.53 Å². The number of morpholine rings is 1. The van der Waals surface area contributed by atoms with Gasteiger partial charge in [-0.05, 0) is 42.8 Å². The zero-order valence-corrected chi connectivity index (χ0v) is 16.9. The van der Waals surface area contributed by atoms with Crippen LogP contribution < -0.4 is 9.91 Å². The summed E-state index contributed by atoms with van der Waals surface area (Å²) in [5.41, 5.74) is 4.33. The van der Waals surface area contributed by atoms with Gasteiger partial charge in [0.2, 0.25) is 5.13 Å². The Balaban J connectivity index is 1.39. The van der Waals surface area contributed by atoms with Crippen LogP contribution in [0.15, 0.2) is 59.2 Å². The lowest BCUT2D eigenvalue weighted by Crippen LogP contribution is -2.36.